The molecule has 0 aromatic heterocycles. The van der Waals surface area contributed by atoms with E-state index in [2.05, 4.69) is 0 Å². The fourth-order valence-corrected chi connectivity index (χ4v) is 3.87. The lowest BCUT2D eigenvalue weighted by atomic mass is 9.94. The van der Waals surface area contributed by atoms with E-state index in [1.807, 2.05) is 47.1 Å². The Kier molecular flexibility index (Phi) is 4.99. The number of hydrogen-bond acceptors (Lipinski definition) is 2. The predicted molar refractivity (Wildman–Crippen MR) is 90.0 cm³/mol. The molecule has 1 unspecified atom stereocenters. The summed E-state index contributed by atoms with van der Waals surface area (Å²) >= 11 is 0. The van der Waals surface area contributed by atoms with Crippen LogP contribution in [0.5, 0.6) is 0 Å². The van der Waals surface area contributed by atoms with E-state index in [0.717, 1.165) is 50.8 Å². The van der Waals surface area contributed by atoms with Gasteiger partial charge < -0.3 is 9.80 Å². The molecule has 0 bridgehead atoms. The third kappa shape index (κ3) is 3.26. The number of benzene rings is 1. The van der Waals surface area contributed by atoms with Gasteiger partial charge in [-0.25, -0.2) is 0 Å². The molecule has 4 nitrogen and oxygen atoms in total. The van der Waals surface area contributed by atoms with E-state index < -0.39 is 0 Å². The largest absolute Gasteiger partial charge is 0.341 e. The van der Waals surface area contributed by atoms with Crippen LogP contribution in [0.25, 0.3) is 0 Å². The number of carbonyl (C=O) groups excluding carboxylic acids is 2. The van der Waals surface area contributed by atoms with Crippen molar-refractivity contribution >= 4 is 11.8 Å². The number of amides is 2. The van der Waals surface area contributed by atoms with E-state index in [0.29, 0.717) is 6.54 Å². The Bertz CT molecular complexity index is 552. The van der Waals surface area contributed by atoms with E-state index in [4.69, 9.17) is 0 Å². The van der Waals surface area contributed by atoms with Crippen molar-refractivity contribution in [3.05, 3.63) is 35.9 Å². The number of rotatable bonds is 4. The molecule has 0 aliphatic carbocycles. The van der Waals surface area contributed by atoms with Crippen LogP contribution in [0, 0.1) is 0 Å². The zero-order chi connectivity index (χ0) is 16.2. The van der Waals surface area contributed by atoms with Gasteiger partial charge in [0.25, 0.3) is 0 Å². The molecule has 1 aromatic carbocycles. The number of carbonyl (C=O) groups is 2. The first-order valence-corrected chi connectivity index (χ1v) is 8.86. The van der Waals surface area contributed by atoms with Gasteiger partial charge in [0.2, 0.25) is 11.8 Å². The zero-order valence-electron chi connectivity index (χ0n) is 13.9. The van der Waals surface area contributed by atoms with Crippen molar-refractivity contribution in [2.75, 3.05) is 19.6 Å². The third-order valence-corrected chi connectivity index (χ3v) is 5.15. The summed E-state index contributed by atoms with van der Waals surface area (Å²) < 4.78 is 0. The molecule has 0 saturated carbocycles. The SMILES string of the molecule is CCC(C(=O)N1CCC[C@H]1C(=O)N1CCCC1)c1ccccc1. The summed E-state index contributed by atoms with van der Waals surface area (Å²) in [6.45, 7) is 4.47. The second-order valence-corrected chi connectivity index (χ2v) is 6.59. The Labute approximate surface area is 138 Å². The first kappa shape index (κ1) is 16.0. The summed E-state index contributed by atoms with van der Waals surface area (Å²) in [5.41, 5.74) is 1.05. The van der Waals surface area contributed by atoms with Gasteiger partial charge in [0, 0.05) is 19.6 Å². The summed E-state index contributed by atoms with van der Waals surface area (Å²) in [5, 5.41) is 0. The van der Waals surface area contributed by atoms with Crippen molar-refractivity contribution in [1.29, 1.82) is 0 Å². The Morgan fingerprint density at radius 2 is 1.78 bits per heavy atom. The molecule has 0 N–H and O–H groups in total. The van der Waals surface area contributed by atoms with Gasteiger partial charge in [-0.05, 0) is 37.7 Å². The smallest absolute Gasteiger partial charge is 0.245 e. The van der Waals surface area contributed by atoms with Gasteiger partial charge in [-0.3, -0.25) is 9.59 Å². The van der Waals surface area contributed by atoms with Gasteiger partial charge in [0.15, 0.2) is 0 Å². The van der Waals surface area contributed by atoms with Crippen LogP contribution >= 0.6 is 0 Å². The minimum atomic E-state index is -0.238. The average Bonchev–Trinajstić information content (AvgIpc) is 3.27. The molecule has 4 heteroatoms. The number of likely N-dealkylation sites (tertiary alicyclic amines) is 2. The Balaban J connectivity index is 1.75. The highest BCUT2D eigenvalue weighted by Gasteiger charge is 2.39. The van der Waals surface area contributed by atoms with E-state index in [1.54, 1.807) is 0 Å². The van der Waals surface area contributed by atoms with Crippen LogP contribution < -0.4 is 0 Å². The minimum absolute atomic E-state index is 0.119. The average molecular weight is 314 g/mol. The van der Waals surface area contributed by atoms with Crippen molar-refractivity contribution in [2.45, 2.75) is 51.0 Å². The van der Waals surface area contributed by atoms with Gasteiger partial charge in [-0.15, -0.1) is 0 Å². The van der Waals surface area contributed by atoms with Gasteiger partial charge in [0.05, 0.1) is 5.92 Å². The van der Waals surface area contributed by atoms with Crippen LogP contribution in [-0.2, 0) is 9.59 Å². The minimum Gasteiger partial charge on any atom is -0.341 e. The molecule has 2 fully saturated rings. The molecule has 2 aliphatic heterocycles. The first-order chi connectivity index (χ1) is 11.2. The third-order valence-electron chi connectivity index (χ3n) is 5.15. The lowest BCUT2D eigenvalue weighted by Crippen LogP contribution is -2.48. The second-order valence-electron chi connectivity index (χ2n) is 6.59. The Hall–Kier alpha value is -1.84. The molecular weight excluding hydrogens is 288 g/mol. The molecule has 23 heavy (non-hydrogen) atoms. The predicted octanol–water partition coefficient (Wildman–Crippen LogP) is 2.79. The van der Waals surface area contributed by atoms with E-state index in [-0.39, 0.29) is 23.8 Å². The zero-order valence-corrected chi connectivity index (χ0v) is 13.9. The molecule has 3 rings (SSSR count). The fourth-order valence-electron chi connectivity index (χ4n) is 3.87. The van der Waals surface area contributed by atoms with Crippen molar-refractivity contribution in [1.82, 2.24) is 9.80 Å². The monoisotopic (exact) mass is 314 g/mol. The van der Waals surface area contributed by atoms with E-state index >= 15 is 0 Å². The molecule has 124 valence electrons. The van der Waals surface area contributed by atoms with Crippen molar-refractivity contribution in [3.63, 3.8) is 0 Å². The molecule has 2 atom stereocenters. The van der Waals surface area contributed by atoms with Crippen molar-refractivity contribution < 1.29 is 9.59 Å². The van der Waals surface area contributed by atoms with Gasteiger partial charge in [-0.2, -0.15) is 0 Å². The van der Waals surface area contributed by atoms with Crippen LogP contribution in [0.4, 0.5) is 0 Å². The summed E-state index contributed by atoms with van der Waals surface area (Å²) in [7, 11) is 0. The molecule has 2 saturated heterocycles. The van der Waals surface area contributed by atoms with Crippen molar-refractivity contribution in [3.8, 4) is 0 Å². The highest BCUT2D eigenvalue weighted by Crippen LogP contribution is 2.28. The highest BCUT2D eigenvalue weighted by molar-refractivity contribution is 5.91. The van der Waals surface area contributed by atoms with Crippen LogP contribution in [0.3, 0.4) is 0 Å². The van der Waals surface area contributed by atoms with Crippen molar-refractivity contribution in [2.24, 2.45) is 0 Å². The van der Waals surface area contributed by atoms with E-state index in [9.17, 15) is 9.59 Å². The number of nitrogens with zero attached hydrogens (tertiary/aromatic N) is 2. The first-order valence-electron chi connectivity index (χ1n) is 8.86. The topological polar surface area (TPSA) is 40.6 Å². The molecule has 2 heterocycles. The number of hydrogen-bond donors (Lipinski definition) is 0. The lowest BCUT2D eigenvalue weighted by Gasteiger charge is -2.30. The molecular formula is C19H26N2O2. The van der Waals surface area contributed by atoms with Crippen LogP contribution in [0.15, 0.2) is 30.3 Å². The molecule has 1 aromatic rings. The normalized spacial score (nSPS) is 22.4. The summed E-state index contributed by atoms with van der Waals surface area (Å²) in [6.07, 6.45) is 4.69. The molecule has 0 spiro atoms. The molecule has 0 radical (unpaired) electrons. The van der Waals surface area contributed by atoms with Crippen LogP contribution in [0.2, 0.25) is 0 Å². The van der Waals surface area contributed by atoms with Gasteiger partial charge in [-0.1, -0.05) is 37.3 Å². The summed E-state index contributed by atoms with van der Waals surface area (Å²) in [5.74, 6) is 0.146. The molecule has 2 amide bonds. The van der Waals surface area contributed by atoms with Crippen LogP contribution in [0.1, 0.15) is 50.5 Å². The maximum atomic E-state index is 13.1. The van der Waals surface area contributed by atoms with Crippen LogP contribution in [-0.4, -0.2) is 47.3 Å². The highest BCUT2D eigenvalue weighted by atomic mass is 16.2. The van der Waals surface area contributed by atoms with Gasteiger partial charge in [0.1, 0.15) is 6.04 Å². The van der Waals surface area contributed by atoms with Gasteiger partial charge >= 0.3 is 0 Å². The maximum Gasteiger partial charge on any atom is 0.245 e. The quantitative estimate of drug-likeness (QED) is 0.857. The standard InChI is InChI=1S/C19H26N2O2/c1-2-16(15-9-4-3-5-10-15)18(22)21-14-8-11-17(21)19(23)20-12-6-7-13-20/h3-5,9-10,16-17H,2,6-8,11-14H2,1H3/t16?,17-/m0/s1. The maximum absolute atomic E-state index is 13.1. The fraction of sp³-hybridized carbons (Fsp3) is 0.579. The summed E-state index contributed by atoms with van der Waals surface area (Å²) in [6, 6.07) is 9.71. The second kappa shape index (κ2) is 7.16. The summed E-state index contributed by atoms with van der Waals surface area (Å²) in [4.78, 5) is 29.6. The molecule has 2 aliphatic rings. The lowest BCUT2D eigenvalue weighted by molar-refractivity contribution is -0.144. The van der Waals surface area contributed by atoms with E-state index in [1.165, 1.54) is 0 Å². The Morgan fingerprint density at radius 1 is 1.09 bits per heavy atom. The Morgan fingerprint density at radius 3 is 2.43 bits per heavy atom.